The van der Waals surface area contributed by atoms with Gasteiger partial charge in [-0.25, -0.2) is 5.01 Å². The van der Waals surface area contributed by atoms with E-state index in [1.807, 2.05) is 36.4 Å². The van der Waals surface area contributed by atoms with Crippen molar-refractivity contribution in [2.45, 2.75) is 26.3 Å². The SMILES string of the molecule is CC(=O)Oc1ccccc1C1=NN(C(C)=O)C(c2ccc(Br)cc2)C1. The van der Waals surface area contributed by atoms with Crippen LogP contribution in [0.25, 0.3) is 0 Å². The number of hydrazone groups is 1. The summed E-state index contributed by atoms with van der Waals surface area (Å²) in [7, 11) is 0. The molecule has 0 radical (unpaired) electrons. The summed E-state index contributed by atoms with van der Waals surface area (Å²) in [6, 6.07) is 14.9. The molecule has 1 aliphatic heterocycles. The van der Waals surface area contributed by atoms with Crippen LogP contribution in [-0.2, 0) is 9.59 Å². The Hall–Kier alpha value is -2.47. The number of nitrogens with zero attached hydrogens (tertiary/aromatic N) is 2. The third-order valence-electron chi connectivity index (χ3n) is 3.94. The van der Waals surface area contributed by atoms with Gasteiger partial charge in [-0.05, 0) is 29.8 Å². The number of hydrogen-bond acceptors (Lipinski definition) is 4. The summed E-state index contributed by atoms with van der Waals surface area (Å²) in [6.45, 7) is 2.86. The van der Waals surface area contributed by atoms with Crippen LogP contribution < -0.4 is 4.74 Å². The van der Waals surface area contributed by atoms with E-state index in [0.29, 0.717) is 12.2 Å². The van der Waals surface area contributed by atoms with Gasteiger partial charge >= 0.3 is 5.97 Å². The van der Waals surface area contributed by atoms with Gasteiger partial charge in [-0.3, -0.25) is 9.59 Å². The topological polar surface area (TPSA) is 59.0 Å². The van der Waals surface area contributed by atoms with Crippen LogP contribution in [-0.4, -0.2) is 22.6 Å². The molecule has 3 rings (SSSR count). The van der Waals surface area contributed by atoms with E-state index in [2.05, 4.69) is 21.0 Å². The molecule has 0 aromatic heterocycles. The highest BCUT2D eigenvalue weighted by atomic mass is 79.9. The molecule has 25 heavy (non-hydrogen) atoms. The average molecular weight is 401 g/mol. The molecule has 1 aliphatic rings. The van der Waals surface area contributed by atoms with Crippen molar-refractivity contribution in [2.24, 2.45) is 5.10 Å². The number of halogens is 1. The number of carbonyl (C=O) groups is 2. The van der Waals surface area contributed by atoms with Crippen molar-refractivity contribution in [2.75, 3.05) is 0 Å². The number of para-hydroxylation sites is 1. The Morgan fingerprint density at radius 1 is 1.12 bits per heavy atom. The molecule has 2 aromatic carbocycles. The maximum atomic E-state index is 12.1. The lowest BCUT2D eigenvalue weighted by atomic mass is 9.98. The van der Waals surface area contributed by atoms with E-state index in [0.717, 1.165) is 21.3 Å². The van der Waals surface area contributed by atoms with Crippen LogP contribution in [0, 0.1) is 0 Å². The van der Waals surface area contributed by atoms with Crippen molar-refractivity contribution in [3.8, 4) is 5.75 Å². The second-order valence-electron chi connectivity index (χ2n) is 5.77. The first-order valence-corrected chi connectivity index (χ1v) is 8.65. The molecule has 0 N–H and O–H groups in total. The molecule has 0 bridgehead atoms. The first kappa shape index (κ1) is 17.4. The van der Waals surface area contributed by atoms with Gasteiger partial charge in [-0.2, -0.15) is 5.10 Å². The molecule has 128 valence electrons. The van der Waals surface area contributed by atoms with E-state index >= 15 is 0 Å². The third kappa shape index (κ3) is 3.79. The Balaban J connectivity index is 1.96. The fourth-order valence-corrected chi connectivity index (χ4v) is 3.12. The van der Waals surface area contributed by atoms with Crippen LogP contribution in [0.4, 0.5) is 0 Å². The van der Waals surface area contributed by atoms with Gasteiger partial charge in [-0.15, -0.1) is 0 Å². The van der Waals surface area contributed by atoms with Crippen molar-refractivity contribution in [3.63, 3.8) is 0 Å². The molecule has 0 saturated carbocycles. The fraction of sp³-hybridized carbons (Fsp3) is 0.211. The predicted molar refractivity (Wildman–Crippen MR) is 98.3 cm³/mol. The van der Waals surface area contributed by atoms with Gasteiger partial charge in [0.15, 0.2) is 0 Å². The maximum Gasteiger partial charge on any atom is 0.308 e. The minimum Gasteiger partial charge on any atom is -0.426 e. The van der Waals surface area contributed by atoms with E-state index in [4.69, 9.17) is 4.74 Å². The number of esters is 1. The van der Waals surface area contributed by atoms with Crippen LogP contribution in [0.1, 0.15) is 37.4 Å². The summed E-state index contributed by atoms with van der Waals surface area (Å²) >= 11 is 3.42. The van der Waals surface area contributed by atoms with Gasteiger partial charge in [0, 0.05) is 30.3 Å². The molecule has 1 amide bonds. The number of amides is 1. The number of carbonyl (C=O) groups excluding carboxylic acids is 2. The smallest absolute Gasteiger partial charge is 0.308 e. The first-order valence-electron chi connectivity index (χ1n) is 7.86. The molecule has 1 atom stereocenters. The van der Waals surface area contributed by atoms with Gasteiger partial charge in [0.2, 0.25) is 5.91 Å². The van der Waals surface area contributed by atoms with E-state index in [-0.39, 0.29) is 17.9 Å². The van der Waals surface area contributed by atoms with Crippen LogP contribution in [0.3, 0.4) is 0 Å². The van der Waals surface area contributed by atoms with Gasteiger partial charge in [0.25, 0.3) is 0 Å². The maximum absolute atomic E-state index is 12.1. The number of ether oxygens (including phenoxy) is 1. The highest BCUT2D eigenvalue weighted by Gasteiger charge is 2.32. The molecule has 0 saturated heterocycles. The second kappa shape index (κ2) is 7.19. The first-order chi connectivity index (χ1) is 12.0. The molecular formula is C19H17BrN2O3. The van der Waals surface area contributed by atoms with Gasteiger partial charge < -0.3 is 4.74 Å². The predicted octanol–water partition coefficient (Wildman–Crippen LogP) is 4.07. The molecule has 2 aromatic rings. The number of rotatable bonds is 3. The Morgan fingerprint density at radius 2 is 1.80 bits per heavy atom. The lowest BCUT2D eigenvalue weighted by Gasteiger charge is -2.20. The van der Waals surface area contributed by atoms with E-state index in [1.54, 1.807) is 12.1 Å². The van der Waals surface area contributed by atoms with Crippen molar-refractivity contribution in [1.29, 1.82) is 0 Å². The second-order valence-corrected chi connectivity index (χ2v) is 6.69. The van der Waals surface area contributed by atoms with Crippen LogP contribution in [0.2, 0.25) is 0 Å². The van der Waals surface area contributed by atoms with Crippen molar-refractivity contribution in [1.82, 2.24) is 5.01 Å². The highest BCUT2D eigenvalue weighted by Crippen LogP contribution is 2.35. The van der Waals surface area contributed by atoms with Gasteiger partial charge in [0.1, 0.15) is 5.75 Å². The molecule has 1 unspecified atom stereocenters. The average Bonchev–Trinajstić information content (AvgIpc) is 3.01. The number of hydrogen-bond donors (Lipinski definition) is 0. The zero-order chi connectivity index (χ0) is 18.0. The zero-order valence-corrected chi connectivity index (χ0v) is 15.5. The summed E-state index contributed by atoms with van der Waals surface area (Å²) in [5.74, 6) is -0.0690. The van der Waals surface area contributed by atoms with Crippen molar-refractivity contribution >= 4 is 33.5 Å². The standard InChI is InChI=1S/C19H17BrN2O3/c1-12(23)22-18(14-7-9-15(20)10-8-14)11-17(21-22)16-5-3-4-6-19(16)25-13(2)24/h3-10,18H,11H2,1-2H3. The van der Waals surface area contributed by atoms with Gasteiger partial charge in [0.05, 0.1) is 11.8 Å². The molecule has 0 fully saturated rings. The summed E-state index contributed by atoms with van der Waals surface area (Å²) in [5, 5.41) is 5.99. The van der Waals surface area contributed by atoms with Crippen molar-refractivity contribution < 1.29 is 14.3 Å². The Bertz CT molecular complexity index is 846. The van der Waals surface area contributed by atoms with Crippen molar-refractivity contribution in [3.05, 3.63) is 64.1 Å². The molecule has 6 heteroatoms. The lowest BCUT2D eigenvalue weighted by Crippen LogP contribution is -2.24. The van der Waals surface area contributed by atoms with E-state index in [1.165, 1.54) is 18.9 Å². The summed E-state index contributed by atoms with van der Waals surface area (Å²) in [4.78, 5) is 23.4. The Morgan fingerprint density at radius 3 is 2.44 bits per heavy atom. The molecule has 1 heterocycles. The number of benzene rings is 2. The fourth-order valence-electron chi connectivity index (χ4n) is 2.86. The molecule has 5 nitrogen and oxygen atoms in total. The monoisotopic (exact) mass is 400 g/mol. The molecular weight excluding hydrogens is 384 g/mol. The van der Waals surface area contributed by atoms with Gasteiger partial charge in [-0.1, -0.05) is 40.2 Å². The molecule has 0 aliphatic carbocycles. The Kier molecular flexibility index (Phi) is 4.99. The van der Waals surface area contributed by atoms with Crippen LogP contribution >= 0.6 is 15.9 Å². The summed E-state index contributed by atoms with van der Waals surface area (Å²) in [5.41, 5.74) is 2.45. The molecule has 0 spiro atoms. The summed E-state index contributed by atoms with van der Waals surface area (Å²) in [6.07, 6.45) is 0.555. The zero-order valence-electron chi connectivity index (χ0n) is 13.9. The summed E-state index contributed by atoms with van der Waals surface area (Å²) < 4.78 is 6.26. The Labute approximate surface area is 154 Å². The lowest BCUT2D eigenvalue weighted by molar-refractivity contribution is -0.132. The van der Waals surface area contributed by atoms with E-state index in [9.17, 15) is 9.59 Å². The quantitative estimate of drug-likeness (QED) is 0.576. The van der Waals surface area contributed by atoms with Crippen LogP contribution in [0.5, 0.6) is 5.75 Å². The minimum atomic E-state index is -0.390. The highest BCUT2D eigenvalue weighted by molar-refractivity contribution is 9.10. The largest absolute Gasteiger partial charge is 0.426 e. The minimum absolute atomic E-state index is 0.132. The van der Waals surface area contributed by atoms with Crippen LogP contribution in [0.15, 0.2) is 58.1 Å². The third-order valence-corrected chi connectivity index (χ3v) is 4.47. The van der Waals surface area contributed by atoms with E-state index < -0.39 is 0 Å². The normalized spacial score (nSPS) is 16.5.